The van der Waals surface area contributed by atoms with Crippen LogP contribution in [0.5, 0.6) is 0 Å². The molecule has 0 spiro atoms. The zero-order valence-electron chi connectivity index (χ0n) is 9.08. The second-order valence-electron chi connectivity index (χ2n) is 2.91. The molecule has 0 fully saturated rings. The highest BCUT2D eigenvalue weighted by Gasteiger charge is 2.01. The predicted molar refractivity (Wildman–Crippen MR) is 58.0 cm³/mol. The van der Waals surface area contributed by atoms with Crippen molar-refractivity contribution in [2.24, 2.45) is 10.8 Å². The fourth-order valence-electron chi connectivity index (χ4n) is 1.05. The van der Waals surface area contributed by atoms with Crippen LogP contribution in [0, 0.1) is 0 Å². The van der Waals surface area contributed by atoms with E-state index in [-0.39, 0.29) is 0 Å². The molecule has 1 aromatic heterocycles. The van der Waals surface area contributed by atoms with E-state index in [9.17, 15) is 0 Å². The summed E-state index contributed by atoms with van der Waals surface area (Å²) in [4.78, 5) is 8.25. The summed E-state index contributed by atoms with van der Waals surface area (Å²) in [7, 11) is 0. The number of nitrogens with one attached hydrogen (secondary N) is 2. The van der Waals surface area contributed by atoms with Gasteiger partial charge in [-0.1, -0.05) is 6.92 Å². The third-order valence-corrected chi connectivity index (χ3v) is 1.80. The summed E-state index contributed by atoms with van der Waals surface area (Å²) in [5.41, 5.74) is 2.46. The van der Waals surface area contributed by atoms with E-state index in [1.165, 1.54) is 0 Å². The maximum absolute atomic E-state index is 5.39. The number of oxazole rings is 1. The lowest BCUT2D eigenvalue weighted by Gasteiger charge is -2.04. The van der Waals surface area contributed by atoms with Crippen molar-refractivity contribution in [3.05, 3.63) is 17.8 Å². The first kappa shape index (κ1) is 11.5. The topological polar surface area (TPSA) is 88.5 Å². The lowest BCUT2D eigenvalue weighted by Crippen LogP contribution is -2.41. The highest BCUT2D eigenvalue weighted by Crippen LogP contribution is 2.04. The number of hydrogen-bond acceptors (Lipinski definition) is 4. The molecule has 0 aromatic carbocycles. The minimum Gasteiger partial charge on any atom is -0.444 e. The summed E-state index contributed by atoms with van der Waals surface area (Å²) < 4.78 is 5.39. The summed E-state index contributed by atoms with van der Waals surface area (Å²) in [6.45, 7) is 5.12. The summed E-state index contributed by atoms with van der Waals surface area (Å²) in [6, 6.07) is 0. The van der Waals surface area contributed by atoms with Crippen LogP contribution < -0.4 is 16.6 Å². The van der Waals surface area contributed by atoms with Crippen molar-refractivity contribution in [2.75, 3.05) is 6.54 Å². The molecule has 0 aliphatic rings. The first-order valence-corrected chi connectivity index (χ1v) is 4.98. The van der Waals surface area contributed by atoms with Crippen LogP contribution in [0.1, 0.15) is 25.5 Å². The molecule has 0 amide bonds. The molecule has 1 heterocycles. The molecule has 0 radical (unpaired) electrons. The average Bonchev–Trinajstić information content (AvgIpc) is 2.72. The Labute approximate surface area is 88.9 Å². The Morgan fingerprint density at radius 3 is 2.93 bits per heavy atom. The Bertz CT molecular complexity index is 320. The van der Waals surface area contributed by atoms with Gasteiger partial charge in [0.15, 0.2) is 0 Å². The van der Waals surface area contributed by atoms with Gasteiger partial charge in [0.1, 0.15) is 12.3 Å². The van der Waals surface area contributed by atoms with E-state index in [1.54, 1.807) is 6.20 Å². The van der Waals surface area contributed by atoms with E-state index < -0.39 is 0 Å². The smallest absolute Gasteiger partial charge is 0.216 e. The van der Waals surface area contributed by atoms with Crippen molar-refractivity contribution in [3.63, 3.8) is 0 Å². The van der Waals surface area contributed by atoms with E-state index >= 15 is 0 Å². The second-order valence-corrected chi connectivity index (χ2v) is 2.91. The van der Waals surface area contributed by atoms with Gasteiger partial charge in [-0.05, 0) is 6.92 Å². The molecule has 4 N–H and O–H groups in total. The fraction of sp³-hybridized carbons (Fsp3) is 0.556. The number of rotatable bonds is 4. The SMILES string of the molecule is CCNC(=NCc1ncc(CC)o1)NN. The second kappa shape index (κ2) is 6.02. The molecular weight excluding hydrogens is 194 g/mol. The zero-order valence-corrected chi connectivity index (χ0v) is 9.08. The zero-order chi connectivity index (χ0) is 11.1. The first-order chi connectivity index (χ1) is 7.30. The maximum Gasteiger partial charge on any atom is 0.216 e. The van der Waals surface area contributed by atoms with Crippen molar-refractivity contribution >= 4 is 5.96 Å². The molecule has 1 rings (SSSR count). The fourth-order valence-corrected chi connectivity index (χ4v) is 1.05. The third-order valence-electron chi connectivity index (χ3n) is 1.80. The number of nitrogens with zero attached hydrogens (tertiary/aromatic N) is 2. The van der Waals surface area contributed by atoms with Gasteiger partial charge in [0.05, 0.1) is 6.20 Å². The number of hydrogen-bond donors (Lipinski definition) is 3. The van der Waals surface area contributed by atoms with E-state index in [2.05, 4.69) is 20.7 Å². The third kappa shape index (κ3) is 3.59. The molecule has 1 aromatic rings. The van der Waals surface area contributed by atoms with Crippen LogP contribution in [-0.2, 0) is 13.0 Å². The van der Waals surface area contributed by atoms with Gasteiger partial charge < -0.3 is 9.73 Å². The molecule has 0 saturated heterocycles. The Balaban J connectivity index is 2.53. The normalized spacial score (nSPS) is 11.5. The maximum atomic E-state index is 5.39. The quantitative estimate of drug-likeness (QED) is 0.286. The Morgan fingerprint density at radius 2 is 2.40 bits per heavy atom. The summed E-state index contributed by atoms with van der Waals surface area (Å²) in [6.07, 6.45) is 2.56. The van der Waals surface area contributed by atoms with Crippen LogP contribution in [0.3, 0.4) is 0 Å². The minimum absolute atomic E-state index is 0.381. The van der Waals surface area contributed by atoms with Crippen LogP contribution in [0.25, 0.3) is 0 Å². The van der Waals surface area contributed by atoms with E-state index in [4.69, 9.17) is 10.3 Å². The van der Waals surface area contributed by atoms with Gasteiger partial charge in [-0.2, -0.15) is 0 Å². The molecule has 0 bridgehead atoms. The molecule has 0 aliphatic heterocycles. The molecule has 0 aliphatic carbocycles. The van der Waals surface area contributed by atoms with Crippen LogP contribution in [0.4, 0.5) is 0 Å². The van der Waals surface area contributed by atoms with E-state index in [0.717, 1.165) is 18.7 Å². The van der Waals surface area contributed by atoms with Gasteiger partial charge in [-0.25, -0.2) is 15.8 Å². The molecule has 0 saturated carbocycles. The molecule has 0 atom stereocenters. The number of aliphatic imine (C=N–C) groups is 1. The molecule has 6 nitrogen and oxygen atoms in total. The minimum atomic E-state index is 0.381. The Hall–Kier alpha value is -1.56. The number of hydrazine groups is 1. The summed E-state index contributed by atoms with van der Waals surface area (Å²) in [5, 5.41) is 2.97. The lowest BCUT2D eigenvalue weighted by atomic mass is 10.4. The Morgan fingerprint density at radius 1 is 1.60 bits per heavy atom. The van der Waals surface area contributed by atoms with Gasteiger partial charge >= 0.3 is 0 Å². The molecule has 0 unspecified atom stereocenters. The summed E-state index contributed by atoms with van der Waals surface area (Å²) >= 11 is 0. The van der Waals surface area contributed by atoms with Gasteiger partial charge in [0.2, 0.25) is 11.9 Å². The Kier molecular flexibility index (Phi) is 4.62. The highest BCUT2D eigenvalue weighted by molar-refractivity contribution is 5.78. The number of nitrogens with two attached hydrogens (primary N) is 1. The monoisotopic (exact) mass is 211 g/mol. The molecule has 6 heteroatoms. The van der Waals surface area contributed by atoms with Crippen LogP contribution in [0.15, 0.2) is 15.6 Å². The predicted octanol–water partition coefficient (Wildman–Crippen LogP) is 0.166. The van der Waals surface area contributed by atoms with Gasteiger partial charge in [0, 0.05) is 13.0 Å². The van der Waals surface area contributed by atoms with Crippen molar-refractivity contribution < 1.29 is 4.42 Å². The highest BCUT2D eigenvalue weighted by atomic mass is 16.4. The number of guanidine groups is 1. The molecule has 84 valence electrons. The van der Waals surface area contributed by atoms with Crippen molar-refractivity contribution in [1.82, 2.24) is 15.7 Å². The number of aryl methyl sites for hydroxylation is 1. The number of aromatic nitrogens is 1. The molecule has 15 heavy (non-hydrogen) atoms. The van der Waals surface area contributed by atoms with Gasteiger partial charge in [-0.3, -0.25) is 5.43 Å². The van der Waals surface area contributed by atoms with Gasteiger partial charge in [0.25, 0.3) is 0 Å². The van der Waals surface area contributed by atoms with Gasteiger partial charge in [-0.15, -0.1) is 0 Å². The van der Waals surface area contributed by atoms with Crippen molar-refractivity contribution in [1.29, 1.82) is 0 Å². The van der Waals surface area contributed by atoms with Crippen LogP contribution in [0.2, 0.25) is 0 Å². The van der Waals surface area contributed by atoms with Crippen molar-refractivity contribution in [2.45, 2.75) is 26.8 Å². The lowest BCUT2D eigenvalue weighted by molar-refractivity contribution is 0.461. The van der Waals surface area contributed by atoms with Crippen LogP contribution >= 0.6 is 0 Å². The van der Waals surface area contributed by atoms with E-state index in [0.29, 0.717) is 18.4 Å². The molecular formula is C9H17N5O. The standard InChI is InChI=1S/C9H17N5O/c1-3-7-5-12-8(15-7)6-13-9(14-10)11-4-2/h5H,3-4,6,10H2,1-2H3,(H2,11,13,14). The largest absolute Gasteiger partial charge is 0.444 e. The van der Waals surface area contributed by atoms with Crippen molar-refractivity contribution in [3.8, 4) is 0 Å². The van der Waals surface area contributed by atoms with Crippen LogP contribution in [-0.4, -0.2) is 17.5 Å². The first-order valence-electron chi connectivity index (χ1n) is 4.98. The van der Waals surface area contributed by atoms with E-state index in [1.807, 2.05) is 13.8 Å². The average molecular weight is 211 g/mol. The summed E-state index contributed by atoms with van der Waals surface area (Å²) in [5.74, 6) is 7.26.